The van der Waals surface area contributed by atoms with Crippen LogP contribution in [0.3, 0.4) is 0 Å². The van der Waals surface area contributed by atoms with Crippen molar-refractivity contribution in [1.82, 2.24) is 0 Å². The molecule has 0 aromatic carbocycles. The van der Waals surface area contributed by atoms with Crippen molar-refractivity contribution in [2.45, 2.75) is 0 Å². The number of rotatable bonds is 0. The van der Waals surface area contributed by atoms with Gasteiger partial charge in [0.15, 0.2) is 0 Å². The Bertz CT molecular complexity index is 6.00. The van der Waals surface area contributed by atoms with Gasteiger partial charge in [0, 0.05) is 21.1 Å². The van der Waals surface area contributed by atoms with Crippen molar-refractivity contribution in [2.24, 2.45) is 0 Å². The van der Waals surface area contributed by atoms with Crippen molar-refractivity contribution in [3.63, 3.8) is 0 Å². The van der Waals surface area contributed by atoms with Crippen LogP contribution in [-0.2, 0) is 39.1 Å². The normalized spacial score (nSPS) is 1.00. The Labute approximate surface area is 61.8 Å². The van der Waals surface area contributed by atoms with E-state index in [0.29, 0.717) is 0 Å². The third kappa shape index (κ3) is 9.04. The van der Waals surface area contributed by atoms with Crippen LogP contribution < -0.4 is 0 Å². The molecule has 0 N–H and O–H groups in total. The van der Waals surface area contributed by atoms with E-state index in [0.717, 1.165) is 0 Å². The van der Waals surface area contributed by atoms with Crippen LogP contribution in [0.4, 0.5) is 0 Å². The first-order valence-electron chi connectivity index (χ1n) is 0.167. The van der Waals surface area contributed by atoms with Crippen molar-refractivity contribution < 1.29 is 39.1 Å². The van der Waals surface area contributed by atoms with Crippen LogP contribution in [0, 0.1) is 0 Å². The molecule has 4 heteroatoms. The maximum atomic E-state index is 4.17. The van der Waals surface area contributed by atoms with E-state index in [9.17, 15) is 0 Å². The van der Waals surface area contributed by atoms with Gasteiger partial charge in [0.05, 0.1) is 0 Å². The summed E-state index contributed by atoms with van der Waals surface area (Å²) in [5, 5.41) is 0. The molecule has 0 nitrogen and oxygen atoms in total. The van der Waals surface area contributed by atoms with Gasteiger partial charge in [-0.15, -0.1) is 0 Å². The molecule has 0 fully saturated rings. The molecule has 0 aromatic rings. The molecule has 0 atom stereocenters. The van der Waals surface area contributed by atoms with Gasteiger partial charge >= 0.3 is 27.8 Å². The standard InChI is InChI=1S/Mo.H2S.S.W/h;1H2;;. The molecule has 0 aliphatic heterocycles. The minimum absolute atomic E-state index is 0. The third-order valence-electron chi connectivity index (χ3n) is 0. The average molecular weight is 346 g/mol. The Morgan fingerprint density at radius 3 is 1.25 bits per heavy atom. The molecule has 0 rings (SSSR count). The Hall–Kier alpha value is 1.95. The zero-order chi connectivity index (χ0) is 2.00. The van der Waals surface area contributed by atoms with E-state index in [-0.39, 0.29) is 34.6 Å². The molecule has 0 aromatic heterocycles. The van der Waals surface area contributed by atoms with E-state index in [1.54, 1.807) is 0 Å². The van der Waals surface area contributed by atoms with E-state index in [1.807, 2.05) is 0 Å². The van der Waals surface area contributed by atoms with Crippen molar-refractivity contribution in [2.75, 3.05) is 0 Å². The maximum absolute atomic E-state index is 4.17. The second-order valence-corrected chi connectivity index (χ2v) is 0. The molecule has 0 aliphatic rings. The molecule has 0 saturated heterocycles. The molecule has 0 bridgehead atoms. The zero-order valence-electron chi connectivity index (χ0n) is 1.72. The van der Waals surface area contributed by atoms with E-state index < -0.39 is 0 Å². The van der Waals surface area contributed by atoms with E-state index >= 15 is 0 Å². The second-order valence-electron chi connectivity index (χ2n) is 0. The molecule has 26 valence electrons. The Morgan fingerprint density at radius 1 is 1.25 bits per heavy atom. The van der Waals surface area contributed by atoms with Gasteiger partial charge in [-0.05, 0) is 0 Å². The summed E-state index contributed by atoms with van der Waals surface area (Å²) < 4.78 is 0. The Morgan fingerprint density at radius 2 is 1.25 bits per heavy atom. The number of hydrogen-bond donors (Lipinski definition) is 0. The van der Waals surface area contributed by atoms with E-state index in [2.05, 4.69) is 9.82 Å². The topological polar surface area (TPSA) is 0 Å². The van der Waals surface area contributed by atoms with Gasteiger partial charge < -0.3 is 0 Å². The van der Waals surface area contributed by atoms with Crippen LogP contribution in [0.1, 0.15) is 0 Å². The fraction of sp³-hybridized carbons (Fsp3) is 0. The summed E-state index contributed by atoms with van der Waals surface area (Å²) >= 11 is 1.17. The van der Waals surface area contributed by atoms with Gasteiger partial charge in [-0.3, -0.25) is 0 Å². The molecular formula is H2MoS2W. The van der Waals surface area contributed by atoms with Crippen LogP contribution in [0.5, 0.6) is 0 Å². The Kier molecular flexibility index (Phi) is 85.2. The van der Waals surface area contributed by atoms with E-state index in [1.165, 1.54) is 18.0 Å². The first kappa shape index (κ1) is 16.8. The van der Waals surface area contributed by atoms with Gasteiger partial charge in [0.25, 0.3) is 0 Å². The molecule has 0 spiro atoms. The van der Waals surface area contributed by atoms with Crippen molar-refractivity contribution in [1.29, 1.82) is 0 Å². The molecule has 4 heavy (non-hydrogen) atoms. The van der Waals surface area contributed by atoms with Gasteiger partial charge in [0.2, 0.25) is 0 Å². The van der Waals surface area contributed by atoms with Crippen LogP contribution in [-0.4, -0.2) is 0 Å². The predicted octanol–water partition coefficient (Wildman–Crippen LogP) is 0.756. The Balaban J connectivity index is -0.00000000500. The average Bonchev–Trinajstić information content (AvgIpc) is 1.00. The summed E-state index contributed by atoms with van der Waals surface area (Å²) in [4.78, 5) is 0. The van der Waals surface area contributed by atoms with E-state index in [4.69, 9.17) is 0 Å². The molecule has 0 radical (unpaired) electrons. The molecule has 0 unspecified atom stereocenters. The first-order valence-corrected chi connectivity index (χ1v) is 4.09. The summed E-state index contributed by atoms with van der Waals surface area (Å²) in [7, 11) is 4.17. The van der Waals surface area contributed by atoms with Crippen molar-refractivity contribution in [3.8, 4) is 0 Å². The van der Waals surface area contributed by atoms with Crippen LogP contribution in [0.15, 0.2) is 0 Å². The molecule has 0 saturated carbocycles. The van der Waals surface area contributed by atoms with Crippen LogP contribution in [0.2, 0.25) is 0 Å². The first-order chi connectivity index (χ1) is 1.00. The zero-order valence-corrected chi connectivity index (χ0v) is 8.48. The fourth-order valence-corrected chi connectivity index (χ4v) is 0. The molecule has 0 heterocycles. The summed E-state index contributed by atoms with van der Waals surface area (Å²) in [5.41, 5.74) is 0. The van der Waals surface area contributed by atoms with Gasteiger partial charge in [-0.1, -0.05) is 0 Å². The second kappa shape index (κ2) is 20.3. The quantitative estimate of drug-likeness (QED) is 0.584. The van der Waals surface area contributed by atoms with Gasteiger partial charge in [0.1, 0.15) is 0 Å². The minimum atomic E-state index is 0. The van der Waals surface area contributed by atoms with Gasteiger partial charge in [-0.2, -0.15) is 13.5 Å². The van der Waals surface area contributed by atoms with Crippen molar-refractivity contribution in [3.05, 3.63) is 0 Å². The SMILES string of the molecule is S.[Mo].[S]=[W]. The summed E-state index contributed by atoms with van der Waals surface area (Å²) in [6.45, 7) is 0. The van der Waals surface area contributed by atoms with Crippen molar-refractivity contribution >= 4 is 23.3 Å². The molecular weight excluding hydrogens is 344 g/mol. The van der Waals surface area contributed by atoms with Crippen LogP contribution >= 0.6 is 23.3 Å². The monoisotopic (exact) mass is 348 g/mol. The predicted molar refractivity (Wildman–Crippen MR) is 18.0 cm³/mol. The summed E-state index contributed by atoms with van der Waals surface area (Å²) in [6.07, 6.45) is 0. The summed E-state index contributed by atoms with van der Waals surface area (Å²) in [6, 6.07) is 0. The molecule has 0 amide bonds. The third-order valence-corrected chi connectivity index (χ3v) is 0. The molecule has 0 aliphatic carbocycles. The van der Waals surface area contributed by atoms with Gasteiger partial charge in [-0.25, -0.2) is 0 Å². The summed E-state index contributed by atoms with van der Waals surface area (Å²) in [5.74, 6) is 0. The fourth-order valence-electron chi connectivity index (χ4n) is 0. The van der Waals surface area contributed by atoms with Crippen LogP contribution in [0.25, 0.3) is 0 Å². The number of hydrogen-bond acceptors (Lipinski definition) is 1.